The number of para-hydroxylation sites is 1. The largest absolute Gasteiger partial charge is 0.496 e. The predicted octanol–water partition coefficient (Wildman–Crippen LogP) is 1.16. The van der Waals surface area contributed by atoms with Crippen LogP contribution in [0.3, 0.4) is 0 Å². The SMILES string of the molecule is COc1ccccc1[C@H](O)[C@@H](C)S(C)(=O)=O. The van der Waals surface area contributed by atoms with Gasteiger partial charge < -0.3 is 9.84 Å². The Labute approximate surface area is 95.8 Å². The van der Waals surface area contributed by atoms with Crippen molar-refractivity contribution in [2.24, 2.45) is 0 Å². The lowest BCUT2D eigenvalue weighted by Crippen LogP contribution is -2.24. The number of ether oxygens (including phenoxy) is 1. The zero-order valence-corrected chi connectivity index (χ0v) is 10.4. The maximum absolute atomic E-state index is 11.3. The molecule has 90 valence electrons. The van der Waals surface area contributed by atoms with Crippen molar-refractivity contribution in [1.82, 2.24) is 0 Å². The van der Waals surface area contributed by atoms with E-state index in [2.05, 4.69) is 0 Å². The van der Waals surface area contributed by atoms with Gasteiger partial charge in [0.15, 0.2) is 9.84 Å². The van der Waals surface area contributed by atoms with Crippen LogP contribution in [0, 0.1) is 0 Å². The van der Waals surface area contributed by atoms with Crippen LogP contribution in [0.15, 0.2) is 24.3 Å². The number of methoxy groups -OCH3 is 1. The van der Waals surface area contributed by atoms with Gasteiger partial charge in [-0.1, -0.05) is 18.2 Å². The molecule has 0 spiro atoms. The standard InChI is InChI=1S/C11H16O4S/c1-8(16(3,13)14)11(12)9-6-4-5-7-10(9)15-2/h4-8,11-12H,1-3H3/t8-,11-/m1/s1. The van der Waals surface area contributed by atoms with Crippen LogP contribution in [-0.4, -0.2) is 32.1 Å². The fourth-order valence-corrected chi connectivity index (χ4v) is 2.01. The topological polar surface area (TPSA) is 63.6 Å². The number of sulfone groups is 1. The van der Waals surface area contributed by atoms with Crippen molar-refractivity contribution in [3.05, 3.63) is 29.8 Å². The Morgan fingerprint density at radius 1 is 1.31 bits per heavy atom. The van der Waals surface area contributed by atoms with Gasteiger partial charge in [0.05, 0.1) is 18.5 Å². The first-order valence-electron chi connectivity index (χ1n) is 4.87. The Balaban J connectivity index is 3.10. The highest BCUT2D eigenvalue weighted by atomic mass is 32.2. The molecule has 0 bridgehead atoms. The molecule has 0 aliphatic heterocycles. The molecule has 0 aromatic heterocycles. The van der Waals surface area contributed by atoms with E-state index in [-0.39, 0.29) is 0 Å². The molecule has 0 fully saturated rings. The molecule has 0 amide bonds. The highest BCUT2D eigenvalue weighted by Gasteiger charge is 2.27. The summed E-state index contributed by atoms with van der Waals surface area (Å²) in [6.45, 7) is 1.48. The molecule has 1 aromatic carbocycles. The van der Waals surface area contributed by atoms with Gasteiger partial charge in [0.2, 0.25) is 0 Å². The Bertz CT molecular complexity index is 453. The maximum Gasteiger partial charge on any atom is 0.152 e. The highest BCUT2D eigenvalue weighted by Crippen LogP contribution is 2.29. The van der Waals surface area contributed by atoms with Crippen molar-refractivity contribution in [1.29, 1.82) is 0 Å². The number of aliphatic hydroxyl groups excluding tert-OH is 1. The van der Waals surface area contributed by atoms with Crippen LogP contribution in [0.5, 0.6) is 5.75 Å². The van der Waals surface area contributed by atoms with Crippen molar-refractivity contribution in [2.45, 2.75) is 18.3 Å². The molecule has 5 heteroatoms. The Kier molecular flexibility index (Phi) is 3.93. The van der Waals surface area contributed by atoms with Crippen LogP contribution in [0.2, 0.25) is 0 Å². The van der Waals surface area contributed by atoms with Gasteiger partial charge >= 0.3 is 0 Å². The van der Waals surface area contributed by atoms with Gasteiger partial charge in [-0.2, -0.15) is 0 Å². The summed E-state index contributed by atoms with van der Waals surface area (Å²) < 4.78 is 27.8. The average molecular weight is 244 g/mol. The lowest BCUT2D eigenvalue weighted by molar-refractivity contribution is 0.172. The minimum absolute atomic E-state index is 0.489. The molecule has 4 nitrogen and oxygen atoms in total. The van der Waals surface area contributed by atoms with Crippen molar-refractivity contribution < 1.29 is 18.3 Å². The molecule has 0 aliphatic rings. The summed E-state index contributed by atoms with van der Waals surface area (Å²) in [6.07, 6.45) is 0.0298. The lowest BCUT2D eigenvalue weighted by atomic mass is 10.1. The van der Waals surface area contributed by atoms with Crippen LogP contribution in [0.25, 0.3) is 0 Å². The minimum Gasteiger partial charge on any atom is -0.496 e. The molecule has 1 aromatic rings. The second kappa shape index (κ2) is 4.84. The third-order valence-corrected chi connectivity index (χ3v) is 4.19. The average Bonchev–Trinajstić information content (AvgIpc) is 2.25. The second-order valence-corrected chi connectivity index (χ2v) is 6.12. The van der Waals surface area contributed by atoms with Crippen LogP contribution in [0.4, 0.5) is 0 Å². The normalized spacial score (nSPS) is 15.5. The van der Waals surface area contributed by atoms with Gasteiger partial charge in [0.1, 0.15) is 5.75 Å². The molecular formula is C11H16O4S. The molecule has 0 saturated carbocycles. The third-order valence-electron chi connectivity index (χ3n) is 2.58. The first-order valence-corrected chi connectivity index (χ1v) is 6.83. The van der Waals surface area contributed by atoms with E-state index in [0.717, 1.165) is 6.26 Å². The Hall–Kier alpha value is -1.07. The van der Waals surface area contributed by atoms with Crippen LogP contribution < -0.4 is 4.74 Å². The zero-order chi connectivity index (χ0) is 12.3. The molecule has 0 heterocycles. The van der Waals surface area contributed by atoms with Gasteiger partial charge in [-0.25, -0.2) is 8.42 Å². The van der Waals surface area contributed by atoms with Crippen molar-refractivity contribution in [3.8, 4) is 5.75 Å². The summed E-state index contributed by atoms with van der Waals surface area (Å²) >= 11 is 0. The second-order valence-electron chi connectivity index (χ2n) is 3.72. The smallest absolute Gasteiger partial charge is 0.152 e. The molecule has 0 aliphatic carbocycles. The number of hydrogen-bond acceptors (Lipinski definition) is 4. The summed E-state index contributed by atoms with van der Waals surface area (Å²) in [4.78, 5) is 0. The first-order chi connectivity index (χ1) is 7.38. The maximum atomic E-state index is 11.3. The van der Waals surface area contributed by atoms with Crippen molar-refractivity contribution in [2.75, 3.05) is 13.4 Å². The first kappa shape index (κ1) is 13.0. The molecule has 0 unspecified atom stereocenters. The van der Waals surface area contributed by atoms with E-state index in [1.165, 1.54) is 14.0 Å². The molecule has 2 atom stereocenters. The monoisotopic (exact) mass is 244 g/mol. The van der Waals surface area contributed by atoms with E-state index in [9.17, 15) is 13.5 Å². The van der Waals surface area contributed by atoms with E-state index < -0.39 is 21.2 Å². The van der Waals surface area contributed by atoms with E-state index in [1.807, 2.05) is 0 Å². The zero-order valence-electron chi connectivity index (χ0n) is 9.54. The predicted molar refractivity (Wildman–Crippen MR) is 62.3 cm³/mol. The fraction of sp³-hybridized carbons (Fsp3) is 0.455. The number of rotatable bonds is 4. The van der Waals surface area contributed by atoms with Crippen LogP contribution in [-0.2, 0) is 9.84 Å². The molecule has 0 saturated heterocycles. The Morgan fingerprint density at radius 3 is 2.38 bits per heavy atom. The fourth-order valence-electron chi connectivity index (χ4n) is 1.40. The van der Waals surface area contributed by atoms with Crippen LogP contribution in [0.1, 0.15) is 18.6 Å². The van der Waals surface area contributed by atoms with Gasteiger partial charge in [-0.3, -0.25) is 0 Å². The lowest BCUT2D eigenvalue weighted by Gasteiger charge is -2.19. The number of benzene rings is 1. The summed E-state index contributed by atoms with van der Waals surface area (Å²) in [7, 11) is -1.80. The van der Waals surface area contributed by atoms with Gasteiger partial charge in [-0.05, 0) is 13.0 Å². The molecule has 16 heavy (non-hydrogen) atoms. The summed E-state index contributed by atoms with van der Waals surface area (Å²) in [5.74, 6) is 0.491. The summed E-state index contributed by atoms with van der Waals surface area (Å²) in [5, 5.41) is 9.12. The van der Waals surface area contributed by atoms with Gasteiger partial charge in [0, 0.05) is 11.8 Å². The summed E-state index contributed by atoms with van der Waals surface area (Å²) in [6, 6.07) is 6.84. The third kappa shape index (κ3) is 2.74. The number of aliphatic hydroxyl groups is 1. The number of hydrogen-bond donors (Lipinski definition) is 1. The highest BCUT2D eigenvalue weighted by molar-refractivity contribution is 7.91. The quantitative estimate of drug-likeness (QED) is 0.863. The molecule has 1 rings (SSSR count). The van der Waals surface area contributed by atoms with Gasteiger partial charge in [0.25, 0.3) is 0 Å². The van der Waals surface area contributed by atoms with Crippen molar-refractivity contribution >= 4 is 9.84 Å². The van der Waals surface area contributed by atoms with Gasteiger partial charge in [-0.15, -0.1) is 0 Å². The van der Waals surface area contributed by atoms with E-state index in [4.69, 9.17) is 4.74 Å². The molecule has 0 radical (unpaired) electrons. The van der Waals surface area contributed by atoms with E-state index in [0.29, 0.717) is 11.3 Å². The molecule has 1 N–H and O–H groups in total. The van der Waals surface area contributed by atoms with E-state index >= 15 is 0 Å². The molecular weight excluding hydrogens is 228 g/mol. The van der Waals surface area contributed by atoms with E-state index in [1.54, 1.807) is 24.3 Å². The Morgan fingerprint density at radius 2 is 1.88 bits per heavy atom. The minimum atomic E-state index is -3.28. The summed E-state index contributed by atoms with van der Waals surface area (Å²) in [5.41, 5.74) is 0.489. The van der Waals surface area contributed by atoms with Crippen molar-refractivity contribution in [3.63, 3.8) is 0 Å². The van der Waals surface area contributed by atoms with Crippen LogP contribution >= 0.6 is 0 Å².